The van der Waals surface area contributed by atoms with Gasteiger partial charge in [-0.2, -0.15) is 4.31 Å². The summed E-state index contributed by atoms with van der Waals surface area (Å²) in [6, 6.07) is 8.78. The van der Waals surface area contributed by atoms with E-state index in [1.807, 2.05) is 30.3 Å². The quantitative estimate of drug-likeness (QED) is 0.629. The SMILES string of the molecule is Cc1nc(-c2ccccc2)nc(C(=O)N2CCN(S(C)(=O)=O)C(C)C2)c1C(=O)OC(C)C. The Labute approximate surface area is 188 Å². The van der Waals surface area contributed by atoms with Crippen LogP contribution in [0.4, 0.5) is 0 Å². The summed E-state index contributed by atoms with van der Waals surface area (Å²) < 4.78 is 30.7. The van der Waals surface area contributed by atoms with Gasteiger partial charge in [0.15, 0.2) is 5.82 Å². The Morgan fingerprint density at radius 2 is 1.78 bits per heavy atom. The molecule has 1 aromatic carbocycles. The van der Waals surface area contributed by atoms with Crippen LogP contribution in [0.2, 0.25) is 0 Å². The van der Waals surface area contributed by atoms with Crippen molar-refractivity contribution in [3.8, 4) is 11.4 Å². The normalized spacial score (nSPS) is 17.4. The molecule has 1 atom stereocenters. The van der Waals surface area contributed by atoms with E-state index in [-0.39, 0.29) is 37.0 Å². The first kappa shape index (κ1) is 23.8. The maximum absolute atomic E-state index is 13.5. The lowest BCUT2D eigenvalue weighted by Gasteiger charge is -2.38. The van der Waals surface area contributed by atoms with Gasteiger partial charge in [-0.25, -0.2) is 23.2 Å². The Morgan fingerprint density at radius 1 is 1.12 bits per heavy atom. The van der Waals surface area contributed by atoms with E-state index in [9.17, 15) is 18.0 Å². The van der Waals surface area contributed by atoms with Gasteiger partial charge in [-0.05, 0) is 27.7 Å². The minimum absolute atomic E-state index is 0.0292. The number of hydrogen-bond acceptors (Lipinski definition) is 7. The molecule has 1 aliphatic rings. The van der Waals surface area contributed by atoms with Crippen LogP contribution in [0.5, 0.6) is 0 Å². The largest absolute Gasteiger partial charge is 0.459 e. The number of piperazine rings is 1. The third-order valence-corrected chi connectivity index (χ3v) is 6.55. The van der Waals surface area contributed by atoms with Crippen molar-refractivity contribution in [3.05, 3.63) is 47.3 Å². The number of sulfonamides is 1. The van der Waals surface area contributed by atoms with Crippen LogP contribution in [-0.4, -0.2) is 77.5 Å². The molecule has 3 rings (SSSR count). The second kappa shape index (κ2) is 9.33. The second-order valence-electron chi connectivity index (χ2n) is 8.15. The lowest BCUT2D eigenvalue weighted by molar-refractivity contribution is 0.0368. The van der Waals surface area contributed by atoms with E-state index in [0.29, 0.717) is 17.1 Å². The zero-order valence-corrected chi connectivity index (χ0v) is 19.7. The topological polar surface area (TPSA) is 110 Å². The highest BCUT2D eigenvalue weighted by molar-refractivity contribution is 7.88. The Hall–Kier alpha value is -2.85. The fraction of sp³-hybridized carbons (Fsp3) is 0.455. The Morgan fingerprint density at radius 3 is 2.34 bits per heavy atom. The van der Waals surface area contributed by atoms with E-state index in [0.717, 1.165) is 6.26 Å². The summed E-state index contributed by atoms with van der Waals surface area (Å²) in [5, 5.41) is 0. The number of carbonyl (C=O) groups is 2. The van der Waals surface area contributed by atoms with Crippen LogP contribution < -0.4 is 0 Å². The summed E-state index contributed by atoms with van der Waals surface area (Å²) in [4.78, 5) is 36.8. The van der Waals surface area contributed by atoms with E-state index in [1.54, 1.807) is 27.7 Å². The molecule has 2 heterocycles. The standard InChI is InChI=1S/C22H28N4O5S/c1-14(2)31-22(28)18-16(4)23-20(17-9-7-6-8-10-17)24-19(18)21(27)25-11-12-26(15(3)13-25)32(5,29)30/h6-10,14-15H,11-13H2,1-5H3. The van der Waals surface area contributed by atoms with Gasteiger partial charge in [-0.1, -0.05) is 30.3 Å². The summed E-state index contributed by atoms with van der Waals surface area (Å²) in [7, 11) is -3.38. The number of nitrogens with zero attached hydrogens (tertiary/aromatic N) is 4. The predicted molar refractivity (Wildman–Crippen MR) is 120 cm³/mol. The first-order chi connectivity index (χ1) is 15.0. The molecule has 172 valence electrons. The lowest BCUT2D eigenvalue weighted by atomic mass is 10.1. The molecule has 0 spiro atoms. The zero-order valence-electron chi connectivity index (χ0n) is 18.9. The smallest absolute Gasteiger partial charge is 0.342 e. The molecule has 0 aliphatic carbocycles. The van der Waals surface area contributed by atoms with Crippen molar-refractivity contribution in [1.82, 2.24) is 19.2 Å². The molecule has 9 nitrogen and oxygen atoms in total. The van der Waals surface area contributed by atoms with Gasteiger partial charge < -0.3 is 9.64 Å². The van der Waals surface area contributed by atoms with E-state index in [2.05, 4.69) is 9.97 Å². The van der Waals surface area contributed by atoms with Gasteiger partial charge in [0, 0.05) is 31.2 Å². The van der Waals surface area contributed by atoms with Crippen molar-refractivity contribution in [2.45, 2.75) is 39.8 Å². The third kappa shape index (κ3) is 5.13. The van der Waals surface area contributed by atoms with E-state index in [1.165, 1.54) is 9.21 Å². The molecule has 0 radical (unpaired) electrons. The second-order valence-corrected chi connectivity index (χ2v) is 10.1. The summed E-state index contributed by atoms with van der Waals surface area (Å²) >= 11 is 0. The molecule has 1 aliphatic heterocycles. The summed E-state index contributed by atoms with van der Waals surface area (Å²) in [6.07, 6.45) is 0.776. The molecule has 1 saturated heterocycles. The molecule has 0 bridgehead atoms. The number of esters is 1. The van der Waals surface area contributed by atoms with Gasteiger partial charge >= 0.3 is 5.97 Å². The molecule has 1 amide bonds. The Kier molecular flexibility index (Phi) is 6.94. The van der Waals surface area contributed by atoms with Crippen molar-refractivity contribution in [2.75, 3.05) is 25.9 Å². The van der Waals surface area contributed by atoms with Gasteiger partial charge in [0.1, 0.15) is 11.3 Å². The molecule has 10 heteroatoms. The average molecular weight is 461 g/mol. The van der Waals surface area contributed by atoms with Crippen molar-refractivity contribution in [2.24, 2.45) is 0 Å². The minimum atomic E-state index is -3.38. The summed E-state index contributed by atoms with van der Waals surface area (Å²) in [6.45, 7) is 7.39. The van der Waals surface area contributed by atoms with Crippen LogP contribution in [0.15, 0.2) is 30.3 Å². The van der Waals surface area contributed by atoms with Crippen molar-refractivity contribution >= 4 is 21.9 Å². The van der Waals surface area contributed by atoms with E-state index >= 15 is 0 Å². The highest BCUT2D eigenvalue weighted by atomic mass is 32.2. The number of hydrogen-bond donors (Lipinski definition) is 0. The van der Waals surface area contributed by atoms with E-state index in [4.69, 9.17) is 4.74 Å². The first-order valence-electron chi connectivity index (χ1n) is 10.4. The number of benzene rings is 1. The predicted octanol–water partition coefficient (Wildman–Crippen LogP) is 2.12. The molecular formula is C22H28N4O5S. The fourth-order valence-electron chi connectivity index (χ4n) is 3.73. The molecule has 0 saturated carbocycles. The number of amides is 1. The molecule has 0 N–H and O–H groups in total. The van der Waals surface area contributed by atoms with Crippen molar-refractivity contribution in [1.29, 1.82) is 0 Å². The van der Waals surface area contributed by atoms with Gasteiger partial charge in [-0.3, -0.25) is 4.79 Å². The number of aromatic nitrogens is 2. The van der Waals surface area contributed by atoms with Crippen LogP contribution in [0.1, 0.15) is 47.3 Å². The van der Waals surface area contributed by atoms with Crippen LogP contribution in [0.3, 0.4) is 0 Å². The molecule has 1 fully saturated rings. The summed E-state index contributed by atoms with van der Waals surface area (Å²) in [5.41, 5.74) is 1.04. The minimum Gasteiger partial charge on any atom is -0.459 e. The van der Waals surface area contributed by atoms with Crippen LogP contribution in [-0.2, 0) is 14.8 Å². The zero-order chi connectivity index (χ0) is 23.6. The van der Waals surface area contributed by atoms with Crippen LogP contribution in [0, 0.1) is 6.92 Å². The number of rotatable bonds is 5. The van der Waals surface area contributed by atoms with E-state index < -0.39 is 27.9 Å². The molecule has 1 unspecified atom stereocenters. The Balaban J connectivity index is 2.03. The van der Waals surface area contributed by atoms with Gasteiger partial charge in [-0.15, -0.1) is 0 Å². The third-order valence-electron chi connectivity index (χ3n) is 5.15. The van der Waals surface area contributed by atoms with Crippen LogP contribution in [0.25, 0.3) is 11.4 Å². The highest BCUT2D eigenvalue weighted by Crippen LogP contribution is 2.23. The van der Waals surface area contributed by atoms with Crippen molar-refractivity contribution in [3.63, 3.8) is 0 Å². The van der Waals surface area contributed by atoms with Gasteiger partial charge in [0.25, 0.3) is 5.91 Å². The maximum atomic E-state index is 13.5. The fourth-order valence-corrected chi connectivity index (χ4v) is 4.86. The number of aryl methyl sites for hydroxylation is 1. The van der Waals surface area contributed by atoms with Crippen molar-refractivity contribution < 1.29 is 22.7 Å². The highest BCUT2D eigenvalue weighted by Gasteiger charge is 2.35. The molecular weight excluding hydrogens is 432 g/mol. The maximum Gasteiger partial charge on any atom is 0.342 e. The average Bonchev–Trinajstić information content (AvgIpc) is 2.71. The van der Waals surface area contributed by atoms with Crippen LogP contribution >= 0.6 is 0 Å². The Bertz CT molecular complexity index is 1120. The van der Waals surface area contributed by atoms with Gasteiger partial charge in [0.2, 0.25) is 10.0 Å². The number of ether oxygens (including phenoxy) is 1. The molecule has 1 aromatic heterocycles. The molecule has 2 aromatic rings. The molecule has 32 heavy (non-hydrogen) atoms. The first-order valence-corrected chi connectivity index (χ1v) is 12.2. The lowest BCUT2D eigenvalue weighted by Crippen LogP contribution is -2.55. The van der Waals surface area contributed by atoms with Gasteiger partial charge in [0.05, 0.1) is 18.1 Å². The number of carbonyl (C=O) groups excluding carboxylic acids is 2. The summed E-state index contributed by atoms with van der Waals surface area (Å²) in [5.74, 6) is -0.790. The monoisotopic (exact) mass is 460 g/mol.